The van der Waals surface area contributed by atoms with E-state index in [1.54, 1.807) is 0 Å². The van der Waals surface area contributed by atoms with Crippen molar-refractivity contribution in [2.45, 2.75) is 13.1 Å². The fourth-order valence-electron chi connectivity index (χ4n) is 5.57. The topological polar surface area (TPSA) is 47.7 Å². The zero-order valence-corrected chi connectivity index (χ0v) is 20.3. The van der Waals surface area contributed by atoms with Crippen molar-refractivity contribution in [3.63, 3.8) is 0 Å². The fraction of sp³-hybridized carbons (Fsp3) is 0.0968. The van der Waals surface area contributed by atoms with E-state index in [0.29, 0.717) is 13.1 Å². The second kappa shape index (κ2) is 8.45. The van der Waals surface area contributed by atoms with Crippen molar-refractivity contribution < 1.29 is 4.39 Å². The number of halogens is 1. The van der Waals surface area contributed by atoms with E-state index < -0.39 is 0 Å². The molecular formula is C31H24FN5. The average Bonchev–Trinajstić information content (AvgIpc) is 3.42. The van der Waals surface area contributed by atoms with Gasteiger partial charge >= 0.3 is 0 Å². The van der Waals surface area contributed by atoms with Crippen LogP contribution < -0.4 is 5.32 Å². The molecule has 0 saturated carbocycles. The molecule has 5 nitrogen and oxygen atoms in total. The summed E-state index contributed by atoms with van der Waals surface area (Å²) in [6.07, 6.45) is 3.73. The first-order valence-corrected chi connectivity index (χ1v) is 12.3. The highest BCUT2D eigenvalue weighted by Crippen LogP contribution is 2.34. The molecule has 0 unspecified atom stereocenters. The number of hydrogen-bond donors (Lipinski definition) is 1. The van der Waals surface area contributed by atoms with E-state index in [1.165, 1.54) is 33.8 Å². The van der Waals surface area contributed by atoms with Crippen LogP contribution in [0.15, 0.2) is 97.3 Å². The molecule has 0 amide bonds. The third kappa shape index (κ3) is 3.44. The molecule has 4 heterocycles. The van der Waals surface area contributed by atoms with Gasteiger partial charge in [0.15, 0.2) is 5.82 Å². The summed E-state index contributed by atoms with van der Waals surface area (Å²) in [5.74, 6) is 0.568. The van der Waals surface area contributed by atoms with E-state index >= 15 is 0 Å². The quantitative estimate of drug-likeness (QED) is 0.285. The van der Waals surface area contributed by atoms with Crippen LogP contribution in [0.4, 0.5) is 10.2 Å². The minimum absolute atomic E-state index is 0.231. The first-order chi connectivity index (χ1) is 18.2. The zero-order chi connectivity index (χ0) is 24.9. The Kier molecular flexibility index (Phi) is 4.92. The van der Waals surface area contributed by atoms with E-state index in [-0.39, 0.29) is 5.82 Å². The highest BCUT2D eigenvalue weighted by molar-refractivity contribution is 6.11. The molecule has 6 heteroatoms. The van der Waals surface area contributed by atoms with Gasteiger partial charge in [-0.05, 0) is 42.0 Å². The standard InChI is InChI=1S/C31H24FN5/c1-36-27-8-4-2-6-22(27)24-14-16-33-26(29(24)36)18-35-31-30-25(15-17-34-31)23-7-3-5-9-28(23)37(30)19-20-10-12-21(32)13-11-20/h2-17H,18-19H2,1H3,(H,34,35). The Balaban J connectivity index is 1.35. The number of pyridine rings is 2. The van der Waals surface area contributed by atoms with E-state index in [2.05, 4.69) is 76.1 Å². The molecule has 180 valence electrons. The van der Waals surface area contributed by atoms with Gasteiger partial charge in [-0.1, -0.05) is 48.5 Å². The Morgan fingerprint density at radius 1 is 0.703 bits per heavy atom. The number of aryl methyl sites for hydroxylation is 1. The summed E-state index contributed by atoms with van der Waals surface area (Å²) < 4.78 is 18.0. The number of nitrogens with one attached hydrogen (secondary N) is 1. The van der Waals surface area contributed by atoms with Gasteiger partial charge in [-0.15, -0.1) is 0 Å². The van der Waals surface area contributed by atoms with Crippen LogP contribution in [0.2, 0.25) is 0 Å². The molecule has 3 aromatic carbocycles. The van der Waals surface area contributed by atoms with Gasteiger partial charge in [-0.3, -0.25) is 4.98 Å². The molecule has 37 heavy (non-hydrogen) atoms. The van der Waals surface area contributed by atoms with Crippen LogP contribution in [-0.4, -0.2) is 19.1 Å². The van der Waals surface area contributed by atoms with E-state index in [0.717, 1.165) is 39.0 Å². The Morgan fingerprint density at radius 2 is 1.35 bits per heavy atom. The van der Waals surface area contributed by atoms with Crippen molar-refractivity contribution >= 4 is 49.4 Å². The first-order valence-electron chi connectivity index (χ1n) is 12.3. The van der Waals surface area contributed by atoms with Gasteiger partial charge in [0.1, 0.15) is 5.82 Å². The molecule has 0 aliphatic rings. The molecule has 0 aliphatic heterocycles. The summed E-state index contributed by atoms with van der Waals surface area (Å²) >= 11 is 0. The SMILES string of the molecule is Cn1c2ccccc2c2ccnc(CNc3nccc4c5ccccc5n(Cc5ccc(F)cc5)c34)c21. The maximum Gasteiger partial charge on any atom is 0.150 e. The van der Waals surface area contributed by atoms with Crippen molar-refractivity contribution in [1.29, 1.82) is 0 Å². The summed E-state index contributed by atoms with van der Waals surface area (Å²) in [5.41, 5.74) is 6.45. The van der Waals surface area contributed by atoms with Gasteiger partial charge < -0.3 is 14.5 Å². The lowest BCUT2D eigenvalue weighted by atomic mass is 10.1. The lowest BCUT2D eigenvalue weighted by Crippen LogP contribution is -2.08. The Bertz CT molecular complexity index is 1930. The molecule has 7 aromatic rings. The Hall–Kier alpha value is -4.71. The molecule has 7 rings (SSSR count). The molecule has 0 atom stereocenters. The van der Waals surface area contributed by atoms with Crippen molar-refractivity contribution in [3.05, 3.63) is 114 Å². The minimum Gasteiger partial charge on any atom is -0.363 e. The van der Waals surface area contributed by atoms with Crippen molar-refractivity contribution in [3.8, 4) is 0 Å². The van der Waals surface area contributed by atoms with Crippen LogP contribution in [0.5, 0.6) is 0 Å². The molecule has 0 fully saturated rings. The van der Waals surface area contributed by atoms with Crippen LogP contribution in [0.3, 0.4) is 0 Å². The summed E-state index contributed by atoms with van der Waals surface area (Å²) in [6, 6.07) is 27.7. The van der Waals surface area contributed by atoms with Crippen molar-refractivity contribution in [2.24, 2.45) is 7.05 Å². The Morgan fingerprint density at radius 3 is 2.14 bits per heavy atom. The summed E-state index contributed by atoms with van der Waals surface area (Å²) in [5, 5.41) is 8.31. The number of fused-ring (bicyclic) bond motifs is 6. The number of aromatic nitrogens is 4. The van der Waals surface area contributed by atoms with Gasteiger partial charge in [-0.25, -0.2) is 9.37 Å². The smallest absolute Gasteiger partial charge is 0.150 e. The van der Waals surface area contributed by atoms with Crippen LogP contribution in [-0.2, 0) is 20.1 Å². The lowest BCUT2D eigenvalue weighted by Gasteiger charge is -2.13. The van der Waals surface area contributed by atoms with Gasteiger partial charge in [0, 0.05) is 58.6 Å². The average molecular weight is 486 g/mol. The van der Waals surface area contributed by atoms with Crippen LogP contribution in [0.25, 0.3) is 43.6 Å². The van der Waals surface area contributed by atoms with Gasteiger partial charge in [-0.2, -0.15) is 0 Å². The maximum atomic E-state index is 13.6. The molecule has 0 bridgehead atoms. The van der Waals surface area contributed by atoms with Gasteiger partial charge in [0.05, 0.1) is 23.3 Å². The maximum absolute atomic E-state index is 13.6. The molecule has 1 N–H and O–H groups in total. The highest BCUT2D eigenvalue weighted by atomic mass is 19.1. The predicted molar refractivity (Wildman–Crippen MR) is 148 cm³/mol. The summed E-state index contributed by atoms with van der Waals surface area (Å²) in [7, 11) is 2.09. The molecule has 4 aromatic heterocycles. The first kappa shape index (κ1) is 21.6. The summed E-state index contributed by atoms with van der Waals surface area (Å²) in [6.45, 7) is 1.15. The Labute approximate surface area is 212 Å². The predicted octanol–water partition coefficient (Wildman–Crippen LogP) is 7.03. The van der Waals surface area contributed by atoms with Crippen molar-refractivity contribution in [1.82, 2.24) is 19.1 Å². The van der Waals surface area contributed by atoms with Crippen LogP contribution in [0.1, 0.15) is 11.3 Å². The van der Waals surface area contributed by atoms with E-state index in [9.17, 15) is 4.39 Å². The second-order valence-corrected chi connectivity index (χ2v) is 9.37. The molecular weight excluding hydrogens is 461 g/mol. The van der Waals surface area contributed by atoms with Crippen molar-refractivity contribution in [2.75, 3.05) is 5.32 Å². The number of nitrogens with zero attached hydrogens (tertiary/aromatic N) is 4. The minimum atomic E-state index is -0.231. The monoisotopic (exact) mass is 485 g/mol. The third-order valence-corrected chi connectivity index (χ3v) is 7.25. The normalized spacial score (nSPS) is 11.7. The zero-order valence-electron chi connectivity index (χ0n) is 20.3. The van der Waals surface area contributed by atoms with Crippen LogP contribution in [0, 0.1) is 5.82 Å². The molecule has 0 spiro atoms. The van der Waals surface area contributed by atoms with E-state index in [4.69, 9.17) is 9.97 Å². The summed E-state index contributed by atoms with van der Waals surface area (Å²) in [4.78, 5) is 9.50. The van der Waals surface area contributed by atoms with Gasteiger partial charge in [0.25, 0.3) is 0 Å². The fourth-order valence-corrected chi connectivity index (χ4v) is 5.57. The molecule has 0 radical (unpaired) electrons. The number of rotatable bonds is 5. The van der Waals surface area contributed by atoms with E-state index in [1.807, 2.05) is 30.6 Å². The largest absolute Gasteiger partial charge is 0.363 e. The number of benzene rings is 3. The number of hydrogen-bond acceptors (Lipinski definition) is 3. The highest BCUT2D eigenvalue weighted by Gasteiger charge is 2.17. The van der Waals surface area contributed by atoms with Crippen LogP contribution >= 0.6 is 0 Å². The second-order valence-electron chi connectivity index (χ2n) is 9.37. The lowest BCUT2D eigenvalue weighted by molar-refractivity contribution is 0.626. The number of para-hydroxylation sites is 2. The number of anilines is 1. The third-order valence-electron chi connectivity index (χ3n) is 7.25. The van der Waals surface area contributed by atoms with Gasteiger partial charge in [0.2, 0.25) is 0 Å². The molecule has 0 saturated heterocycles. The molecule has 0 aliphatic carbocycles.